The SMILES string of the molecule is CN=C(NCCCOC)NCc1ccc(OC)c(C(=O)OC)c1.I. The van der Waals surface area contributed by atoms with E-state index in [4.69, 9.17) is 14.2 Å². The minimum atomic E-state index is -0.425. The van der Waals surface area contributed by atoms with E-state index < -0.39 is 5.97 Å². The summed E-state index contributed by atoms with van der Waals surface area (Å²) in [5.41, 5.74) is 1.32. The number of halogens is 1. The summed E-state index contributed by atoms with van der Waals surface area (Å²) in [4.78, 5) is 15.9. The number of ether oxygens (including phenoxy) is 3. The standard InChI is InChI=1S/C16H25N3O4.HI/c1-17-16(18-8-5-9-21-2)19-11-12-6-7-14(22-3)13(10-12)15(20)23-4;/h6-7,10H,5,8-9,11H2,1-4H3,(H2,17,18,19);1H. The third kappa shape index (κ3) is 7.35. The lowest BCUT2D eigenvalue weighted by atomic mass is 10.1. The molecule has 24 heavy (non-hydrogen) atoms. The predicted octanol–water partition coefficient (Wildman–Crippen LogP) is 1.80. The molecule has 0 aliphatic carbocycles. The first-order chi connectivity index (χ1) is 11.2. The molecule has 0 heterocycles. The number of aliphatic imine (C=N–C) groups is 1. The quantitative estimate of drug-likeness (QED) is 0.206. The summed E-state index contributed by atoms with van der Waals surface area (Å²) in [6.45, 7) is 1.99. The van der Waals surface area contributed by atoms with E-state index in [1.807, 2.05) is 6.07 Å². The van der Waals surface area contributed by atoms with Gasteiger partial charge in [0.1, 0.15) is 11.3 Å². The number of carbonyl (C=O) groups excluding carboxylic acids is 1. The van der Waals surface area contributed by atoms with Crippen LogP contribution in [0.25, 0.3) is 0 Å². The number of methoxy groups -OCH3 is 3. The number of hydrogen-bond donors (Lipinski definition) is 2. The van der Waals surface area contributed by atoms with Crippen molar-refractivity contribution in [2.45, 2.75) is 13.0 Å². The Labute approximate surface area is 160 Å². The second-order valence-corrected chi connectivity index (χ2v) is 4.73. The Kier molecular flexibility index (Phi) is 12.0. The second kappa shape index (κ2) is 12.8. The molecule has 1 rings (SSSR count). The van der Waals surface area contributed by atoms with Crippen LogP contribution < -0.4 is 15.4 Å². The average molecular weight is 451 g/mol. The highest BCUT2D eigenvalue weighted by molar-refractivity contribution is 14.0. The molecule has 8 heteroatoms. The van der Waals surface area contributed by atoms with Crippen molar-refractivity contribution in [2.24, 2.45) is 4.99 Å². The lowest BCUT2D eigenvalue weighted by Gasteiger charge is -2.13. The maximum atomic E-state index is 11.8. The van der Waals surface area contributed by atoms with E-state index in [1.165, 1.54) is 14.2 Å². The highest BCUT2D eigenvalue weighted by atomic mass is 127. The summed E-state index contributed by atoms with van der Waals surface area (Å²) in [6.07, 6.45) is 0.895. The van der Waals surface area contributed by atoms with Gasteiger partial charge in [0.05, 0.1) is 14.2 Å². The molecule has 0 fully saturated rings. The number of esters is 1. The first kappa shape index (κ1) is 22.4. The Balaban J connectivity index is 0.00000529. The number of nitrogens with zero attached hydrogens (tertiary/aromatic N) is 1. The van der Waals surface area contributed by atoms with E-state index in [0.29, 0.717) is 30.4 Å². The summed E-state index contributed by atoms with van der Waals surface area (Å²) in [7, 11) is 6.25. The second-order valence-electron chi connectivity index (χ2n) is 4.73. The smallest absolute Gasteiger partial charge is 0.341 e. The molecule has 2 N–H and O–H groups in total. The lowest BCUT2D eigenvalue weighted by molar-refractivity contribution is 0.0597. The Morgan fingerprint density at radius 3 is 2.54 bits per heavy atom. The van der Waals surface area contributed by atoms with E-state index in [-0.39, 0.29) is 24.0 Å². The van der Waals surface area contributed by atoms with E-state index in [0.717, 1.165) is 18.5 Å². The third-order valence-corrected chi connectivity index (χ3v) is 3.17. The fourth-order valence-corrected chi connectivity index (χ4v) is 1.96. The zero-order valence-corrected chi connectivity index (χ0v) is 16.9. The van der Waals surface area contributed by atoms with Crippen LogP contribution in [0, 0.1) is 0 Å². The highest BCUT2D eigenvalue weighted by Gasteiger charge is 2.13. The Bertz CT molecular complexity index is 538. The van der Waals surface area contributed by atoms with Crippen molar-refractivity contribution in [1.82, 2.24) is 10.6 Å². The molecule has 0 amide bonds. The number of hydrogen-bond acceptors (Lipinski definition) is 5. The van der Waals surface area contributed by atoms with Crippen molar-refractivity contribution in [3.8, 4) is 5.75 Å². The van der Waals surface area contributed by atoms with Gasteiger partial charge in [-0.25, -0.2) is 4.79 Å². The van der Waals surface area contributed by atoms with Gasteiger partial charge in [-0.15, -0.1) is 24.0 Å². The number of nitrogens with one attached hydrogen (secondary N) is 2. The van der Waals surface area contributed by atoms with Crippen LogP contribution in [0.5, 0.6) is 5.75 Å². The van der Waals surface area contributed by atoms with Crippen LogP contribution in [-0.4, -0.2) is 53.5 Å². The topological polar surface area (TPSA) is 81.2 Å². The van der Waals surface area contributed by atoms with Gasteiger partial charge in [-0.3, -0.25) is 4.99 Å². The lowest BCUT2D eigenvalue weighted by Crippen LogP contribution is -2.37. The van der Waals surface area contributed by atoms with Crippen molar-refractivity contribution >= 4 is 35.9 Å². The van der Waals surface area contributed by atoms with Crippen LogP contribution >= 0.6 is 24.0 Å². The Morgan fingerprint density at radius 2 is 1.96 bits per heavy atom. The molecule has 0 saturated heterocycles. The van der Waals surface area contributed by atoms with Crippen LogP contribution in [0.15, 0.2) is 23.2 Å². The number of guanidine groups is 1. The summed E-state index contributed by atoms with van der Waals surface area (Å²) in [5, 5.41) is 6.38. The molecule has 0 radical (unpaired) electrons. The summed E-state index contributed by atoms with van der Waals surface area (Å²) in [5.74, 6) is 0.755. The fourth-order valence-electron chi connectivity index (χ4n) is 1.96. The number of rotatable bonds is 8. The molecule has 0 spiro atoms. The van der Waals surface area contributed by atoms with Gasteiger partial charge in [0.15, 0.2) is 5.96 Å². The summed E-state index contributed by atoms with van der Waals surface area (Å²) >= 11 is 0. The van der Waals surface area contributed by atoms with Crippen molar-refractivity contribution in [3.63, 3.8) is 0 Å². The molecule has 1 aromatic carbocycles. The fraction of sp³-hybridized carbons (Fsp3) is 0.500. The van der Waals surface area contributed by atoms with Crippen molar-refractivity contribution in [2.75, 3.05) is 41.5 Å². The van der Waals surface area contributed by atoms with Crippen LogP contribution in [0.1, 0.15) is 22.3 Å². The largest absolute Gasteiger partial charge is 0.496 e. The molecule has 7 nitrogen and oxygen atoms in total. The molecule has 0 saturated carbocycles. The maximum absolute atomic E-state index is 11.8. The van der Waals surface area contributed by atoms with E-state index in [9.17, 15) is 4.79 Å². The van der Waals surface area contributed by atoms with Gasteiger partial charge in [-0.2, -0.15) is 0 Å². The first-order valence-corrected chi connectivity index (χ1v) is 7.35. The molecule has 0 atom stereocenters. The average Bonchev–Trinajstić information content (AvgIpc) is 2.60. The first-order valence-electron chi connectivity index (χ1n) is 7.35. The zero-order valence-electron chi connectivity index (χ0n) is 14.5. The van der Waals surface area contributed by atoms with Crippen molar-refractivity contribution in [1.29, 1.82) is 0 Å². The van der Waals surface area contributed by atoms with Crippen LogP contribution in [0.3, 0.4) is 0 Å². The molecule has 0 aliphatic rings. The minimum absolute atomic E-state index is 0. The molecule has 0 unspecified atom stereocenters. The van der Waals surface area contributed by atoms with Gasteiger partial charge in [0.25, 0.3) is 0 Å². The number of carbonyl (C=O) groups is 1. The Hall–Kier alpha value is -1.55. The molecular formula is C16H26IN3O4. The van der Waals surface area contributed by atoms with Crippen LogP contribution in [-0.2, 0) is 16.0 Å². The number of benzene rings is 1. The highest BCUT2D eigenvalue weighted by Crippen LogP contribution is 2.20. The van der Waals surface area contributed by atoms with Gasteiger partial charge in [0.2, 0.25) is 0 Å². The predicted molar refractivity (Wildman–Crippen MR) is 104 cm³/mol. The van der Waals surface area contributed by atoms with Gasteiger partial charge >= 0.3 is 5.97 Å². The Morgan fingerprint density at radius 1 is 1.21 bits per heavy atom. The monoisotopic (exact) mass is 451 g/mol. The normalized spacial score (nSPS) is 10.6. The molecule has 0 aromatic heterocycles. The minimum Gasteiger partial charge on any atom is -0.496 e. The summed E-state index contributed by atoms with van der Waals surface area (Å²) in [6, 6.07) is 5.38. The maximum Gasteiger partial charge on any atom is 0.341 e. The summed E-state index contributed by atoms with van der Waals surface area (Å²) < 4.78 is 14.9. The van der Waals surface area contributed by atoms with Gasteiger partial charge in [-0.1, -0.05) is 6.07 Å². The van der Waals surface area contributed by atoms with Gasteiger partial charge in [-0.05, 0) is 24.1 Å². The van der Waals surface area contributed by atoms with Crippen LogP contribution in [0.2, 0.25) is 0 Å². The molecule has 1 aromatic rings. The third-order valence-electron chi connectivity index (χ3n) is 3.17. The molecule has 136 valence electrons. The van der Waals surface area contributed by atoms with E-state index in [2.05, 4.69) is 15.6 Å². The van der Waals surface area contributed by atoms with Crippen molar-refractivity contribution in [3.05, 3.63) is 29.3 Å². The van der Waals surface area contributed by atoms with Gasteiger partial charge in [0, 0.05) is 33.9 Å². The molecular weight excluding hydrogens is 425 g/mol. The van der Waals surface area contributed by atoms with Crippen LogP contribution in [0.4, 0.5) is 0 Å². The zero-order chi connectivity index (χ0) is 17.1. The molecule has 0 bridgehead atoms. The van der Waals surface area contributed by atoms with E-state index in [1.54, 1.807) is 26.3 Å². The molecule has 0 aliphatic heterocycles. The van der Waals surface area contributed by atoms with E-state index >= 15 is 0 Å². The van der Waals surface area contributed by atoms with Gasteiger partial charge < -0.3 is 24.8 Å². The van der Waals surface area contributed by atoms with Crippen molar-refractivity contribution < 1.29 is 19.0 Å².